The van der Waals surface area contributed by atoms with E-state index in [4.69, 9.17) is 16.3 Å². The molecule has 2 aromatic carbocycles. The molecular formula is C16H16ClNO2. The second-order valence-corrected chi connectivity index (χ2v) is 4.96. The zero-order valence-corrected chi connectivity index (χ0v) is 12.1. The first-order valence-electron chi connectivity index (χ1n) is 6.35. The van der Waals surface area contributed by atoms with Crippen LogP contribution in [0.3, 0.4) is 0 Å². The Balaban J connectivity index is 2.00. The van der Waals surface area contributed by atoms with Crippen LogP contribution in [0.1, 0.15) is 12.5 Å². The van der Waals surface area contributed by atoms with Crippen molar-refractivity contribution in [1.82, 2.24) is 0 Å². The van der Waals surface area contributed by atoms with Crippen LogP contribution in [-0.2, 0) is 4.79 Å². The minimum Gasteiger partial charge on any atom is -0.481 e. The fraction of sp³-hybridized carbons (Fsp3) is 0.188. The van der Waals surface area contributed by atoms with Crippen molar-refractivity contribution in [3.63, 3.8) is 0 Å². The van der Waals surface area contributed by atoms with Gasteiger partial charge in [0, 0.05) is 10.7 Å². The Kier molecular flexibility index (Phi) is 4.64. The van der Waals surface area contributed by atoms with Gasteiger partial charge in [-0.1, -0.05) is 29.8 Å². The lowest BCUT2D eigenvalue weighted by Crippen LogP contribution is -2.30. The third kappa shape index (κ3) is 3.75. The maximum atomic E-state index is 12.0. The number of rotatable bonds is 4. The van der Waals surface area contributed by atoms with E-state index in [0.717, 1.165) is 11.3 Å². The number of carbonyl (C=O) groups is 1. The Morgan fingerprint density at radius 1 is 1.20 bits per heavy atom. The third-order valence-electron chi connectivity index (χ3n) is 2.85. The van der Waals surface area contributed by atoms with Gasteiger partial charge in [0.15, 0.2) is 6.10 Å². The summed E-state index contributed by atoms with van der Waals surface area (Å²) in [5.74, 6) is 0.468. The molecule has 0 radical (unpaired) electrons. The van der Waals surface area contributed by atoms with Crippen molar-refractivity contribution in [3.8, 4) is 5.75 Å². The molecule has 0 heterocycles. The molecule has 3 nitrogen and oxygen atoms in total. The van der Waals surface area contributed by atoms with Crippen LogP contribution in [0.2, 0.25) is 5.02 Å². The maximum absolute atomic E-state index is 12.0. The van der Waals surface area contributed by atoms with E-state index in [0.29, 0.717) is 10.8 Å². The fourth-order valence-electron chi connectivity index (χ4n) is 1.75. The number of ether oxygens (including phenoxy) is 1. The highest BCUT2D eigenvalue weighted by Crippen LogP contribution is 2.23. The molecule has 0 aliphatic heterocycles. The van der Waals surface area contributed by atoms with Crippen LogP contribution in [0.15, 0.2) is 48.5 Å². The lowest BCUT2D eigenvalue weighted by molar-refractivity contribution is -0.122. The van der Waals surface area contributed by atoms with Crippen molar-refractivity contribution in [1.29, 1.82) is 0 Å². The van der Waals surface area contributed by atoms with Crippen LogP contribution in [-0.4, -0.2) is 12.0 Å². The SMILES string of the molecule is Cc1cc(Cl)ccc1OC(C)C(=O)Nc1ccccc1. The number of hydrogen-bond acceptors (Lipinski definition) is 2. The molecule has 1 amide bonds. The molecule has 20 heavy (non-hydrogen) atoms. The van der Waals surface area contributed by atoms with Crippen molar-refractivity contribution in [2.24, 2.45) is 0 Å². The van der Waals surface area contributed by atoms with Gasteiger partial charge in [0.05, 0.1) is 0 Å². The molecule has 104 valence electrons. The molecule has 0 aliphatic carbocycles. The van der Waals surface area contributed by atoms with E-state index in [1.165, 1.54) is 0 Å². The Labute approximate surface area is 123 Å². The van der Waals surface area contributed by atoms with Gasteiger partial charge in [-0.05, 0) is 49.7 Å². The fourth-order valence-corrected chi connectivity index (χ4v) is 1.98. The lowest BCUT2D eigenvalue weighted by atomic mass is 10.2. The molecule has 0 spiro atoms. The lowest BCUT2D eigenvalue weighted by Gasteiger charge is -2.16. The first-order valence-corrected chi connectivity index (χ1v) is 6.73. The summed E-state index contributed by atoms with van der Waals surface area (Å²) < 4.78 is 5.66. The Morgan fingerprint density at radius 2 is 1.90 bits per heavy atom. The first-order chi connectivity index (χ1) is 9.56. The topological polar surface area (TPSA) is 38.3 Å². The van der Waals surface area contributed by atoms with Crippen molar-refractivity contribution in [2.75, 3.05) is 5.32 Å². The highest BCUT2D eigenvalue weighted by molar-refractivity contribution is 6.30. The van der Waals surface area contributed by atoms with Crippen LogP contribution in [0.4, 0.5) is 5.69 Å². The molecule has 1 atom stereocenters. The molecule has 0 fully saturated rings. The maximum Gasteiger partial charge on any atom is 0.265 e. The standard InChI is InChI=1S/C16H16ClNO2/c1-11-10-13(17)8-9-15(11)20-12(2)16(19)18-14-6-4-3-5-7-14/h3-10,12H,1-2H3,(H,18,19). The quantitative estimate of drug-likeness (QED) is 0.922. The van der Waals surface area contributed by atoms with Gasteiger partial charge in [-0.25, -0.2) is 0 Å². The Hall–Kier alpha value is -2.00. The van der Waals surface area contributed by atoms with E-state index in [-0.39, 0.29) is 5.91 Å². The number of carbonyl (C=O) groups excluding carboxylic acids is 1. The van der Waals surface area contributed by atoms with E-state index >= 15 is 0 Å². The van der Waals surface area contributed by atoms with Gasteiger partial charge in [0.2, 0.25) is 0 Å². The van der Waals surface area contributed by atoms with Crippen LogP contribution in [0, 0.1) is 6.92 Å². The van der Waals surface area contributed by atoms with Crippen LogP contribution >= 0.6 is 11.6 Å². The second-order valence-electron chi connectivity index (χ2n) is 4.53. The number of aryl methyl sites for hydroxylation is 1. The molecule has 0 aliphatic rings. The molecular weight excluding hydrogens is 274 g/mol. The first kappa shape index (κ1) is 14.4. The summed E-state index contributed by atoms with van der Waals surface area (Å²) in [5, 5.41) is 3.45. The summed E-state index contributed by atoms with van der Waals surface area (Å²) >= 11 is 5.89. The highest BCUT2D eigenvalue weighted by atomic mass is 35.5. The van der Waals surface area contributed by atoms with Gasteiger partial charge >= 0.3 is 0 Å². The Morgan fingerprint density at radius 3 is 2.55 bits per heavy atom. The van der Waals surface area contributed by atoms with E-state index in [2.05, 4.69) is 5.32 Å². The number of amides is 1. The minimum absolute atomic E-state index is 0.189. The number of halogens is 1. The molecule has 1 unspecified atom stereocenters. The summed E-state index contributed by atoms with van der Waals surface area (Å²) in [5.41, 5.74) is 1.65. The summed E-state index contributed by atoms with van der Waals surface area (Å²) in [4.78, 5) is 12.0. The number of nitrogens with one attached hydrogen (secondary N) is 1. The van der Waals surface area contributed by atoms with Gasteiger partial charge in [0.25, 0.3) is 5.91 Å². The Bertz CT molecular complexity index is 599. The number of para-hydroxylation sites is 1. The summed E-state index contributed by atoms with van der Waals surface area (Å²) in [6, 6.07) is 14.6. The summed E-state index contributed by atoms with van der Waals surface area (Å²) in [7, 11) is 0. The molecule has 0 bridgehead atoms. The average Bonchev–Trinajstić information content (AvgIpc) is 2.43. The monoisotopic (exact) mass is 289 g/mol. The summed E-state index contributed by atoms with van der Waals surface area (Å²) in [6.45, 7) is 3.61. The van der Waals surface area contributed by atoms with Gasteiger partial charge in [-0.3, -0.25) is 4.79 Å². The number of anilines is 1. The van der Waals surface area contributed by atoms with Crippen LogP contribution < -0.4 is 10.1 Å². The number of benzene rings is 2. The molecule has 2 aromatic rings. The smallest absolute Gasteiger partial charge is 0.265 e. The van der Waals surface area contributed by atoms with E-state index in [9.17, 15) is 4.79 Å². The van der Waals surface area contributed by atoms with Gasteiger partial charge < -0.3 is 10.1 Å². The third-order valence-corrected chi connectivity index (χ3v) is 3.09. The molecule has 0 aromatic heterocycles. The predicted molar refractivity (Wildman–Crippen MR) is 81.4 cm³/mol. The molecule has 0 saturated carbocycles. The van der Waals surface area contributed by atoms with Crippen LogP contribution in [0.25, 0.3) is 0 Å². The normalized spacial score (nSPS) is 11.8. The van der Waals surface area contributed by atoms with Gasteiger partial charge in [-0.15, -0.1) is 0 Å². The average molecular weight is 290 g/mol. The van der Waals surface area contributed by atoms with Crippen molar-refractivity contribution in [3.05, 3.63) is 59.1 Å². The van der Waals surface area contributed by atoms with E-state index in [1.54, 1.807) is 25.1 Å². The second kappa shape index (κ2) is 6.44. The van der Waals surface area contributed by atoms with Crippen molar-refractivity contribution in [2.45, 2.75) is 20.0 Å². The van der Waals surface area contributed by atoms with Gasteiger partial charge in [-0.2, -0.15) is 0 Å². The minimum atomic E-state index is -0.588. The van der Waals surface area contributed by atoms with Gasteiger partial charge in [0.1, 0.15) is 5.75 Å². The highest BCUT2D eigenvalue weighted by Gasteiger charge is 2.15. The zero-order valence-electron chi connectivity index (χ0n) is 11.4. The zero-order chi connectivity index (χ0) is 14.5. The molecule has 2 rings (SSSR count). The molecule has 4 heteroatoms. The van der Waals surface area contributed by atoms with Crippen LogP contribution in [0.5, 0.6) is 5.75 Å². The predicted octanol–water partition coefficient (Wildman–Crippen LogP) is 4.05. The van der Waals surface area contributed by atoms with E-state index in [1.807, 2.05) is 37.3 Å². The molecule has 0 saturated heterocycles. The molecule has 1 N–H and O–H groups in total. The summed E-state index contributed by atoms with van der Waals surface area (Å²) in [6.07, 6.45) is -0.588. The van der Waals surface area contributed by atoms with Crippen molar-refractivity contribution >= 4 is 23.2 Å². The van der Waals surface area contributed by atoms with Crippen molar-refractivity contribution < 1.29 is 9.53 Å². The van der Waals surface area contributed by atoms with E-state index < -0.39 is 6.10 Å². The largest absolute Gasteiger partial charge is 0.481 e. The number of hydrogen-bond donors (Lipinski definition) is 1.